The van der Waals surface area contributed by atoms with Crippen LogP contribution in [0.4, 0.5) is 0 Å². The predicted molar refractivity (Wildman–Crippen MR) is 274 cm³/mol. The first kappa shape index (κ1) is 36.9. The van der Waals surface area contributed by atoms with Gasteiger partial charge in [0.15, 0.2) is 5.82 Å². The first-order valence-corrected chi connectivity index (χ1v) is 22.2. The van der Waals surface area contributed by atoms with Gasteiger partial charge in [0.25, 0.3) is 0 Å². The zero-order chi connectivity index (χ0) is 42.8. The molecule has 0 N–H and O–H groups in total. The Kier molecular flexibility index (Phi) is 8.53. The van der Waals surface area contributed by atoms with Crippen LogP contribution in [0.15, 0.2) is 237 Å². The first-order chi connectivity index (χ1) is 32.2. The summed E-state index contributed by atoms with van der Waals surface area (Å²) in [7, 11) is 0. The smallest absolute Gasteiger partial charge is 0.160 e. The third-order valence-corrected chi connectivity index (χ3v) is 13.2. The quantitative estimate of drug-likeness (QED) is 0.123. The maximum atomic E-state index is 5.31. The summed E-state index contributed by atoms with van der Waals surface area (Å²) in [5.74, 6) is 0.697. The molecule has 0 fully saturated rings. The number of rotatable bonds is 6. The van der Waals surface area contributed by atoms with E-state index < -0.39 is 0 Å². The van der Waals surface area contributed by atoms with Crippen LogP contribution in [-0.2, 0) is 0 Å². The SMILES string of the molecule is c1ccc(-c2nc(-c3ccc4c(c3)c3ccccc3n4-c3ccccc3)cc(-c3ccc(-c4ccc(-c5c6ccccc6cc6c5ccc5ccccc56)cc4)c4ccccc34)n2)cc1. The van der Waals surface area contributed by atoms with Gasteiger partial charge in [-0.05, 0) is 108 Å². The molecule has 3 nitrogen and oxygen atoms in total. The third kappa shape index (κ3) is 6.12. The van der Waals surface area contributed by atoms with Gasteiger partial charge in [-0.2, -0.15) is 0 Å². The Morgan fingerprint density at radius 3 is 1.66 bits per heavy atom. The van der Waals surface area contributed by atoms with Crippen molar-refractivity contribution in [3.8, 4) is 61.8 Å². The van der Waals surface area contributed by atoms with Crippen molar-refractivity contribution in [3.63, 3.8) is 0 Å². The zero-order valence-electron chi connectivity index (χ0n) is 35.4. The minimum absolute atomic E-state index is 0.697. The molecule has 11 aromatic carbocycles. The Hall–Kier alpha value is -8.66. The number of para-hydroxylation sites is 2. The van der Waals surface area contributed by atoms with Crippen LogP contribution >= 0.6 is 0 Å². The molecule has 2 heterocycles. The Morgan fingerprint density at radius 2 is 0.862 bits per heavy atom. The van der Waals surface area contributed by atoms with Gasteiger partial charge in [0.05, 0.1) is 22.4 Å². The van der Waals surface area contributed by atoms with Crippen molar-refractivity contribution < 1.29 is 0 Å². The Balaban J connectivity index is 0.943. The van der Waals surface area contributed by atoms with E-state index in [0.29, 0.717) is 5.82 Å². The lowest BCUT2D eigenvalue weighted by Crippen LogP contribution is -1.97. The lowest BCUT2D eigenvalue weighted by Gasteiger charge is -2.16. The van der Waals surface area contributed by atoms with Crippen LogP contribution in [0.5, 0.6) is 0 Å². The van der Waals surface area contributed by atoms with Crippen molar-refractivity contribution in [1.82, 2.24) is 14.5 Å². The van der Waals surface area contributed by atoms with Gasteiger partial charge < -0.3 is 4.57 Å². The van der Waals surface area contributed by atoms with E-state index in [1.54, 1.807) is 0 Å². The molecule has 0 atom stereocenters. The van der Waals surface area contributed by atoms with Crippen LogP contribution < -0.4 is 0 Å². The first-order valence-electron chi connectivity index (χ1n) is 22.2. The summed E-state index contributed by atoms with van der Waals surface area (Å²) in [5, 5.41) is 12.3. The van der Waals surface area contributed by atoms with E-state index in [4.69, 9.17) is 9.97 Å². The molecule has 0 aliphatic rings. The molecule has 0 amide bonds. The fourth-order valence-electron chi connectivity index (χ4n) is 10.2. The second-order valence-corrected chi connectivity index (χ2v) is 16.9. The Labute approximate surface area is 376 Å². The topological polar surface area (TPSA) is 30.7 Å². The average Bonchev–Trinajstić information content (AvgIpc) is 3.72. The monoisotopic (exact) mass is 825 g/mol. The number of benzene rings is 11. The molecule has 0 radical (unpaired) electrons. The van der Waals surface area contributed by atoms with Crippen LogP contribution in [0, 0.1) is 0 Å². The van der Waals surface area contributed by atoms with E-state index in [1.807, 2.05) is 6.07 Å². The summed E-state index contributed by atoms with van der Waals surface area (Å²) in [5.41, 5.74) is 13.2. The molecule has 302 valence electrons. The van der Waals surface area contributed by atoms with E-state index >= 15 is 0 Å². The van der Waals surface area contributed by atoms with Gasteiger partial charge in [-0.3, -0.25) is 0 Å². The van der Waals surface area contributed by atoms with Crippen molar-refractivity contribution in [2.24, 2.45) is 0 Å². The second-order valence-electron chi connectivity index (χ2n) is 16.9. The molecular formula is C62H39N3. The predicted octanol–water partition coefficient (Wildman–Crippen LogP) is 16.5. The number of hydrogen-bond donors (Lipinski definition) is 0. The molecule has 13 rings (SSSR count). The Bertz CT molecular complexity index is 3980. The van der Waals surface area contributed by atoms with Crippen LogP contribution in [0.1, 0.15) is 0 Å². The zero-order valence-corrected chi connectivity index (χ0v) is 35.4. The van der Waals surface area contributed by atoms with Crippen molar-refractivity contribution in [2.45, 2.75) is 0 Å². The summed E-state index contributed by atoms with van der Waals surface area (Å²) in [6, 6.07) is 85.3. The lowest BCUT2D eigenvalue weighted by atomic mass is 9.88. The molecule has 13 aromatic rings. The summed E-state index contributed by atoms with van der Waals surface area (Å²) in [6.07, 6.45) is 0. The van der Waals surface area contributed by atoms with E-state index in [1.165, 1.54) is 76.2 Å². The molecule has 0 unspecified atom stereocenters. The largest absolute Gasteiger partial charge is 0.309 e. The molecule has 2 aromatic heterocycles. The van der Waals surface area contributed by atoms with Gasteiger partial charge in [0, 0.05) is 33.2 Å². The van der Waals surface area contributed by atoms with Crippen LogP contribution in [0.3, 0.4) is 0 Å². The number of aromatic nitrogens is 3. The fourth-order valence-corrected chi connectivity index (χ4v) is 10.2. The van der Waals surface area contributed by atoms with Gasteiger partial charge in [-0.15, -0.1) is 0 Å². The lowest BCUT2D eigenvalue weighted by molar-refractivity contribution is 1.18. The highest BCUT2D eigenvalue weighted by molar-refractivity contribution is 6.20. The average molecular weight is 826 g/mol. The molecule has 0 saturated carbocycles. The third-order valence-electron chi connectivity index (χ3n) is 13.2. The highest BCUT2D eigenvalue weighted by atomic mass is 15.0. The van der Waals surface area contributed by atoms with Crippen LogP contribution in [0.25, 0.3) is 127 Å². The molecule has 0 aliphatic carbocycles. The molecule has 0 saturated heterocycles. The number of fused-ring (bicyclic) bond motifs is 8. The maximum absolute atomic E-state index is 5.31. The van der Waals surface area contributed by atoms with Gasteiger partial charge in [0.2, 0.25) is 0 Å². The minimum atomic E-state index is 0.697. The van der Waals surface area contributed by atoms with Crippen molar-refractivity contribution in [2.75, 3.05) is 0 Å². The highest BCUT2D eigenvalue weighted by Crippen LogP contribution is 2.42. The number of hydrogen-bond acceptors (Lipinski definition) is 2. The minimum Gasteiger partial charge on any atom is -0.309 e. The molecule has 65 heavy (non-hydrogen) atoms. The second kappa shape index (κ2) is 15.0. The summed E-state index contributed by atoms with van der Waals surface area (Å²) in [6.45, 7) is 0. The van der Waals surface area contributed by atoms with Crippen molar-refractivity contribution in [1.29, 1.82) is 0 Å². The van der Waals surface area contributed by atoms with Gasteiger partial charge in [0.1, 0.15) is 0 Å². The highest BCUT2D eigenvalue weighted by Gasteiger charge is 2.18. The normalized spacial score (nSPS) is 11.7. The molecule has 0 bridgehead atoms. The van der Waals surface area contributed by atoms with E-state index in [2.05, 4.69) is 235 Å². The molecular weight excluding hydrogens is 787 g/mol. The van der Waals surface area contributed by atoms with Crippen LogP contribution in [-0.4, -0.2) is 14.5 Å². The molecule has 3 heteroatoms. The summed E-state index contributed by atoms with van der Waals surface area (Å²) in [4.78, 5) is 10.6. The van der Waals surface area contributed by atoms with E-state index in [-0.39, 0.29) is 0 Å². The van der Waals surface area contributed by atoms with E-state index in [0.717, 1.165) is 44.7 Å². The number of nitrogens with zero attached hydrogens (tertiary/aromatic N) is 3. The summed E-state index contributed by atoms with van der Waals surface area (Å²) >= 11 is 0. The van der Waals surface area contributed by atoms with E-state index in [9.17, 15) is 0 Å². The van der Waals surface area contributed by atoms with Gasteiger partial charge in [-0.25, -0.2) is 9.97 Å². The van der Waals surface area contributed by atoms with Gasteiger partial charge >= 0.3 is 0 Å². The van der Waals surface area contributed by atoms with Crippen molar-refractivity contribution in [3.05, 3.63) is 237 Å². The maximum Gasteiger partial charge on any atom is 0.160 e. The fraction of sp³-hybridized carbons (Fsp3) is 0. The summed E-state index contributed by atoms with van der Waals surface area (Å²) < 4.78 is 2.35. The molecule has 0 spiro atoms. The molecule has 0 aliphatic heterocycles. The van der Waals surface area contributed by atoms with Gasteiger partial charge in [-0.1, -0.05) is 194 Å². The van der Waals surface area contributed by atoms with Crippen molar-refractivity contribution >= 4 is 64.9 Å². The standard InChI is InChI=1S/C62H39N3/c1-3-16-43(17-4-1)62-63-57(45-32-36-60-56(38-45)53-25-13-14-26-59(53)65(60)46-19-5-2-6-20-46)39-58(64-62)52-35-34-48(50-23-11-12-24-51(50)52)41-27-29-42(30-28-41)61-49-22-10-8-18-44(49)37-55-47-21-9-7-15-40(47)31-33-54(55)61/h1-39H. The van der Waals surface area contributed by atoms with Crippen LogP contribution in [0.2, 0.25) is 0 Å². The Morgan fingerprint density at radius 1 is 0.277 bits per heavy atom.